The lowest BCUT2D eigenvalue weighted by atomic mass is 9.90. The van der Waals surface area contributed by atoms with Gasteiger partial charge in [0.2, 0.25) is 0 Å². The van der Waals surface area contributed by atoms with E-state index in [4.69, 9.17) is 5.73 Å². The fourth-order valence-electron chi connectivity index (χ4n) is 3.13. The van der Waals surface area contributed by atoms with Crippen molar-refractivity contribution < 1.29 is 13.5 Å². The molecule has 1 aromatic carbocycles. The van der Waals surface area contributed by atoms with Gasteiger partial charge >= 0.3 is 6.61 Å². The number of hydrogen-bond acceptors (Lipinski definition) is 3. The van der Waals surface area contributed by atoms with Crippen LogP contribution in [-0.2, 0) is 0 Å². The monoisotopic (exact) mass is 298 g/mol. The molecule has 0 aliphatic carbocycles. The van der Waals surface area contributed by atoms with Gasteiger partial charge in [-0.3, -0.25) is 4.90 Å². The van der Waals surface area contributed by atoms with Crippen molar-refractivity contribution in [3.05, 3.63) is 29.8 Å². The van der Waals surface area contributed by atoms with Crippen LogP contribution in [0, 0.1) is 5.92 Å². The Kier molecular flexibility index (Phi) is 5.53. The largest absolute Gasteiger partial charge is 0.435 e. The Morgan fingerprint density at radius 3 is 2.57 bits per heavy atom. The minimum atomic E-state index is -2.78. The van der Waals surface area contributed by atoms with Crippen molar-refractivity contribution in [2.75, 3.05) is 13.1 Å². The second-order valence-electron chi connectivity index (χ2n) is 5.88. The Morgan fingerprint density at radius 2 is 2.00 bits per heavy atom. The third-order valence-electron chi connectivity index (χ3n) is 4.38. The number of nitrogens with two attached hydrogens (primary N) is 1. The van der Waals surface area contributed by atoms with E-state index in [0.717, 1.165) is 18.5 Å². The van der Waals surface area contributed by atoms with Gasteiger partial charge < -0.3 is 10.5 Å². The molecule has 1 aromatic rings. The number of halogens is 2. The van der Waals surface area contributed by atoms with Gasteiger partial charge in [-0.1, -0.05) is 19.1 Å². The highest BCUT2D eigenvalue weighted by molar-refractivity contribution is 5.29. The van der Waals surface area contributed by atoms with Gasteiger partial charge in [-0.2, -0.15) is 8.78 Å². The summed E-state index contributed by atoms with van der Waals surface area (Å²) in [4.78, 5) is 2.42. The highest BCUT2D eigenvalue weighted by atomic mass is 19.3. The van der Waals surface area contributed by atoms with Gasteiger partial charge in [-0.05, 0) is 49.9 Å². The summed E-state index contributed by atoms with van der Waals surface area (Å²) in [6, 6.07) is 7.53. The van der Waals surface area contributed by atoms with Crippen molar-refractivity contribution in [3.63, 3.8) is 0 Å². The molecule has 0 radical (unpaired) electrons. The van der Waals surface area contributed by atoms with Crippen molar-refractivity contribution in [3.8, 4) is 5.75 Å². The van der Waals surface area contributed by atoms with Crippen LogP contribution in [0.25, 0.3) is 0 Å². The highest BCUT2D eigenvalue weighted by Crippen LogP contribution is 2.31. The average molecular weight is 298 g/mol. The predicted molar refractivity (Wildman–Crippen MR) is 79.4 cm³/mol. The molecule has 118 valence electrons. The number of alkyl halides is 2. The Morgan fingerprint density at radius 1 is 1.33 bits per heavy atom. The lowest BCUT2D eigenvalue weighted by Gasteiger charge is -2.42. The van der Waals surface area contributed by atoms with Gasteiger partial charge in [0, 0.05) is 18.6 Å². The van der Waals surface area contributed by atoms with E-state index < -0.39 is 6.61 Å². The summed E-state index contributed by atoms with van der Waals surface area (Å²) in [6.45, 7) is 3.31. The van der Waals surface area contributed by atoms with Crippen molar-refractivity contribution >= 4 is 0 Å². The molecule has 1 fully saturated rings. The van der Waals surface area contributed by atoms with Gasteiger partial charge in [0.1, 0.15) is 5.75 Å². The standard InChI is InChI=1S/C16H24F2N2O/c1-11-7-8-20(14(9-11)10-19)12(2)13-3-5-15(6-4-13)21-16(17)18/h3-6,11-12,14,16H,7-10,19H2,1-2H3. The fraction of sp³-hybridized carbons (Fsp3) is 0.625. The molecular formula is C16H24F2N2O. The zero-order chi connectivity index (χ0) is 15.4. The Bertz CT molecular complexity index is 438. The van der Waals surface area contributed by atoms with Gasteiger partial charge in [-0.25, -0.2) is 0 Å². The van der Waals surface area contributed by atoms with E-state index in [9.17, 15) is 8.78 Å². The molecule has 3 unspecified atom stereocenters. The highest BCUT2D eigenvalue weighted by Gasteiger charge is 2.29. The number of hydrogen-bond donors (Lipinski definition) is 1. The molecular weight excluding hydrogens is 274 g/mol. The summed E-state index contributed by atoms with van der Waals surface area (Å²) in [6.07, 6.45) is 2.29. The molecule has 1 heterocycles. The van der Waals surface area contributed by atoms with Crippen molar-refractivity contribution in [2.24, 2.45) is 11.7 Å². The Labute approximate surface area is 125 Å². The number of piperidine rings is 1. The third-order valence-corrected chi connectivity index (χ3v) is 4.38. The van der Waals surface area contributed by atoms with E-state index in [1.54, 1.807) is 12.1 Å². The molecule has 3 atom stereocenters. The quantitative estimate of drug-likeness (QED) is 0.905. The van der Waals surface area contributed by atoms with E-state index in [1.807, 2.05) is 12.1 Å². The molecule has 0 saturated carbocycles. The molecule has 0 amide bonds. The van der Waals surface area contributed by atoms with Gasteiger partial charge in [0.05, 0.1) is 0 Å². The first-order valence-electron chi connectivity index (χ1n) is 7.51. The van der Waals surface area contributed by atoms with Crippen LogP contribution < -0.4 is 10.5 Å². The lowest BCUT2D eigenvalue weighted by molar-refractivity contribution is -0.0498. The topological polar surface area (TPSA) is 38.5 Å². The summed E-state index contributed by atoms with van der Waals surface area (Å²) in [5.74, 6) is 0.910. The van der Waals surface area contributed by atoms with Crippen LogP contribution in [0.2, 0.25) is 0 Å². The summed E-state index contributed by atoms with van der Waals surface area (Å²) in [7, 11) is 0. The number of likely N-dealkylation sites (tertiary alicyclic amines) is 1. The minimum absolute atomic E-state index is 0.198. The third kappa shape index (κ3) is 4.14. The number of benzene rings is 1. The minimum Gasteiger partial charge on any atom is -0.435 e. The Hall–Kier alpha value is -1.20. The Balaban J connectivity index is 2.06. The number of nitrogens with zero attached hydrogens (tertiary/aromatic N) is 1. The first-order chi connectivity index (χ1) is 10.0. The maximum absolute atomic E-state index is 12.2. The summed E-state index contributed by atoms with van der Waals surface area (Å²) in [5, 5.41) is 0. The second kappa shape index (κ2) is 7.18. The molecule has 1 aliphatic rings. The van der Waals surface area contributed by atoms with E-state index in [1.165, 1.54) is 6.42 Å². The smallest absolute Gasteiger partial charge is 0.387 e. The predicted octanol–water partition coefficient (Wildman–Crippen LogP) is 3.41. The fourth-order valence-corrected chi connectivity index (χ4v) is 3.13. The molecule has 0 spiro atoms. The van der Waals surface area contributed by atoms with Crippen LogP contribution in [0.5, 0.6) is 5.75 Å². The van der Waals surface area contributed by atoms with Gasteiger partial charge in [0.25, 0.3) is 0 Å². The van der Waals surface area contributed by atoms with E-state index >= 15 is 0 Å². The molecule has 5 heteroatoms. The zero-order valence-corrected chi connectivity index (χ0v) is 12.6. The zero-order valence-electron chi connectivity index (χ0n) is 12.6. The molecule has 1 aliphatic heterocycles. The molecule has 0 bridgehead atoms. The maximum atomic E-state index is 12.2. The number of ether oxygens (including phenoxy) is 1. The summed E-state index contributed by atoms with van der Waals surface area (Å²) in [5.41, 5.74) is 7.01. The van der Waals surface area contributed by atoms with Gasteiger partial charge in [0.15, 0.2) is 0 Å². The van der Waals surface area contributed by atoms with Crippen LogP contribution in [0.15, 0.2) is 24.3 Å². The molecule has 2 N–H and O–H groups in total. The van der Waals surface area contributed by atoms with Crippen LogP contribution in [0.3, 0.4) is 0 Å². The lowest BCUT2D eigenvalue weighted by Crippen LogP contribution is -2.47. The van der Waals surface area contributed by atoms with E-state index in [2.05, 4.69) is 23.5 Å². The molecule has 2 rings (SSSR count). The molecule has 1 saturated heterocycles. The van der Waals surface area contributed by atoms with Crippen LogP contribution >= 0.6 is 0 Å². The van der Waals surface area contributed by atoms with Crippen molar-refractivity contribution in [1.82, 2.24) is 4.90 Å². The molecule has 3 nitrogen and oxygen atoms in total. The van der Waals surface area contributed by atoms with E-state index in [0.29, 0.717) is 18.5 Å². The normalized spacial score (nSPS) is 25.0. The van der Waals surface area contributed by atoms with E-state index in [-0.39, 0.29) is 11.8 Å². The van der Waals surface area contributed by atoms with Gasteiger partial charge in [-0.15, -0.1) is 0 Å². The van der Waals surface area contributed by atoms with Crippen molar-refractivity contribution in [1.29, 1.82) is 0 Å². The molecule has 0 aromatic heterocycles. The molecule has 21 heavy (non-hydrogen) atoms. The summed E-state index contributed by atoms with van der Waals surface area (Å²) < 4.78 is 28.7. The van der Waals surface area contributed by atoms with Crippen LogP contribution in [0.4, 0.5) is 8.78 Å². The summed E-state index contributed by atoms with van der Waals surface area (Å²) >= 11 is 0. The second-order valence-corrected chi connectivity index (χ2v) is 5.88. The average Bonchev–Trinajstić information content (AvgIpc) is 2.46. The van der Waals surface area contributed by atoms with Crippen LogP contribution in [0.1, 0.15) is 38.3 Å². The first kappa shape index (κ1) is 16.2. The maximum Gasteiger partial charge on any atom is 0.387 e. The van der Waals surface area contributed by atoms with Crippen LogP contribution in [-0.4, -0.2) is 30.6 Å². The number of rotatable bonds is 5. The van der Waals surface area contributed by atoms with Crippen molar-refractivity contribution in [2.45, 2.75) is 45.4 Å². The first-order valence-corrected chi connectivity index (χ1v) is 7.51. The SMILES string of the molecule is CC1CCN(C(C)c2ccc(OC(F)F)cc2)C(CN)C1.